The van der Waals surface area contributed by atoms with Crippen LogP contribution in [0.2, 0.25) is 0 Å². The minimum Gasteiger partial charge on any atom is -0.378 e. The van der Waals surface area contributed by atoms with Crippen molar-refractivity contribution in [2.75, 3.05) is 5.75 Å². The second-order valence-electron chi connectivity index (χ2n) is 4.59. The number of para-hydroxylation sites is 1. The Kier molecular flexibility index (Phi) is 3.83. The maximum atomic E-state index is 11.3. The number of aliphatic hydroxyl groups is 1. The highest BCUT2D eigenvalue weighted by Gasteiger charge is 2.59. The lowest BCUT2D eigenvalue weighted by atomic mass is 10.0. The molecule has 0 bridgehead atoms. The summed E-state index contributed by atoms with van der Waals surface area (Å²) in [6, 6.07) is 6.45. The number of nitrogens with one attached hydrogen (secondary N) is 2. The van der Waals surface area contributed by atoms with Crippen molar-refractivity contribution < 1.29 is 10.0 Å². The number of alkyl halides is 1. The molecule has 2 aliphatic rings. The van der Waals surface area contributed by atoms with Gasteiger partial charge in [0.2, 0.25) is 0 Å². The van der Waals surface area contributed by atoms with Gasteiger partial charge < -0.3 is 10.4 Å². The number of aliphatic hydroxyl groups excluding tert-OH is 1. The molecule has 112 valence electrons. The second-order valence-corrected chi connectivity index (χ2v) is 7.73. The zero-order valence-electron chi connectivity index (χ0n) is 10.7. The fourth-order valence-electron chi connectivity index (χ4n) is 2.45. The number of nitrogens with zero attached hydrogens (tertiary/aromatic N) is 1. The van der Waals surface area contributed by atoms with Crippen molar-refractivity contribution in [1.29, 1.82) is 0 Å². The molecule has 1 saturated heterocycles. The first-order valence-electron chi connectivity index (χ1n) is 6.11. The SMILES string of the molecule is O=[N+]([O-])c1ccccc1C1(C2(Cl)NC=CS2)NC(O)CS1. The van der Waals surface area contributed by atoms with E-state index in [-0.39, 0.29) is 5.69 Å². The fourth-order valence-corrected chi connectivity index (χ4v) is 5.39. The molecule has 0 spiro atoms. The van der Waals surface area contributed by atoms with Crippen LogP contribution < -0.4 is 10.6 Å². The molecular formula is C12H12ClN3O3S2. The molecule has 0 radical (unpaired) electrons. The maximum absolute atomic E-state index is 11.3. The molecular weight excluding hydrogens is 334 g/mol. The van der Waals surface area contributed by atoms with Crippen LogP contribution in [0, 0.1) is 10.1 Å². The Morgan fingerprint density at radius 3 is 2.81 bits per heavy atom. The quantitative estimate of drug-likeness (QED) is 0.334. The zero-order chi connectivity index (χ0) is 15.1. The van der Waals surface area contributed by atoms with Gasteiger partial charge in [-0.15, -0.1) is 11.8 Å². The lowest BCUT2D eigenvalue weighted by Crippen LogP contribution is -2.57. The summed E-state index contributed by atoms with van der Waals surface area (Å²) in [6.45, 7) is 0. The maximum Gasteiger partial charge on any atom is 0.275 e. The van der Waals surface area contributed by atoms with Crippen molar-refractivity contribution in [3.05, 3.63) is 51.6 Å². The molecule has 2 heterocycles. The first-order valence-corrected chi connectivity index (χ1v) is 8.36. The summed E-state index contributed by atoms with van der Waals surface area (Å²) in [7, 11) is 0. The third-order valence-corrected chi connectivity index (χ3v) is 6.81. The van der Waals surface area contributed by atoms with E-state index in [1.165, 1.54) is 29.6 Å². The van der Waals surface area contributed by atoms with Gasteiger partial charge in [-0.1, -0.05) is 35.5 Å². The van der Waals surface area contributed by atoms with E-state index in [9.17, 15) is 15.2 Å². The molecule has 6 nitrogen and oxygen atoms in total. The second kappa shape index (κ2) is 5.36. The van der Waals surface area contributed by atoms with Crippen molar-refractivity contribution >= 4 is 40.8 Å². The van der Waals surface area contributed by atoms with E-state index in [4.69, 9.17) is 11.6 Å². The molecule has 1 fully saturated rings. The number of benzene rings is 1. The summed E-state index contributed by atoms with van der Waals surface area (Å²) in [5, 5.41) is 29.1. The van der Waals surface area contributed by atoms with Crippen LogP contribution in [0.4, 0.5) is 5.69 Å². The standard InChI is InChI=1S/C12H12ClN3O3S2/c13-12(14-5-6-20-12)11(15-10(17)7-21-11)8-3-1-2-4-9(8)16(18)19/h1-6,10,14-15,17H,7H2. The molecule has 3 N–H and O–H groups in total. The minimum absolute atomic E-state index is 0.0269. The summed E-state index contributed by atoms with van der Waals surface area (Å²) >= 11 is 9.36. The summed E-state index contributed by atoms with van der Waals surface area (Å²) in [6.07, 6.45) is 0.912. The minimum atomic E-state index is -1.05. The van der Waals surface area contributed by atoms with Crippen molar-refractivity contribution in [1.82, 2.24) is 10.6 Å². The Hall–Kier alpha value is -0.930. The Labute approximate surface area is 134 Å². The number of nitro benzene ring substituents is 1. The molecule has 1 aromatic carbocycles. The molecule has 3 rings (SSSR count). The topological polar surface area (TPSA) is 87.4 Å². The van der Waals surface area contributed by atoms with Crippen LogP contribution in [-0.2, 0) is 4.87 Å². The van der Waals surface area contributed by atoms with Gasteiger partial charge in [0, 0.05) is 18.0 Å². The zero-order valence-corrected chi connectivity index (χ0v) is 13.0. The van der Waals surface area contributed by atoms with Gasteiger partial charge >= 0.3 is 0 Å². The molecule has 1 aromatic rings. The molecule has 9 heteroatoms. The van der Waals surface area contributed by atoms with Crippen molar-refractivity contribution in [3.63, 3.8) is 0 Å². The van der Waals surface area contributed by atoms with Gasteiger partial charge in [0.25, 0.3) is 5.69 Å². The number of rotatable bonds is 3. The Bertz CT molecular complexity index is 607. The largest absolute Gasteiger partial charge is 0.378 e. The van der Waals surface area contributed by atoms with E-state index in [0.29, 0.717) is 11.3 Å². The molecule has 0 saturated carbocycles. The van der Waals surface area contributed by atoms with E-state index in [1.54, 1.807) is 29.8 Å². The molecule has 21 heavy (non-hydrogen) atoms. The van der Waals surface area contributed by atoms with Crippen LogP contribution in [0.1, 0.15) is 5.56 Å². The monoisotopic (exact) mass is 345 g/mol. The normalized spacial score (nSPS) is 34.9. The fraction of sp³-hybridized carbons (Fsp3) is 0.333. The number of halogens is 1. The number of hydrogen-bond donors (Lipinski definition) is 3. The van der Waals surface area contributed by atoms with Gasteiger partial charge in [0.15, 0.2) is 4.33 Å². The van der Waals surface area contributed by atoms with Gasteiger partial charge in [0.05, 0.1) is 10.5 Å². The first kappa shape index (κ1) is 15.0. The molecule has 3 atom stereocenters. The highest BCUT2D eigenvalue weighted by molar-refractivity contribution is 8.07. The highest BCUT2D eigenvalue weighted by atomic mass is 35.5. The number of nitro groups is 1. The van der Waals surface area contributed by atoms with E-state index in [1.807, 2.05) is 0 Å². The van der Waals surface area contributed by atoms with Crippen LogP contribution in [0.3, 0.4) is 0 Å². The smallest absolute Gasteiger partial charge is 0.275 e. The summed E-state index contributed by atoms with van der Waals surface area (Å²) in [5.41, 5.74) is 0.413. The lowest BCUT2D eigenvalue weighted by Gasteiger charge is -2.40. The molecule has 3 unspecified atom stereocenters. The van der Waals surface area contributed by atoms with E-state index in [2.05, 4.69) is 10.6 Å². The molecule has 0 aliphatic carbocycles. The molecule has 0 amide bonds. The van der Waals surface area contributed by atoms with Crippen LogP contribution in [-0.4, -0.2) is 26.3 Å². The predicted octanol–water partition coefficient (Wildman–Crippen LogP) is 2.10. The van der Waals surface area contributed by atoms with Crippen LogP contribution >= 0.6 is 35.1 Å². The lowest BCUT2D eigenvalue weighted by molar-refractivity contribution is -0.386. The third kappa shape index (κ3) is 2.31. The molecule has 2 aliphatic heterocycles. The van der Waals surface area contributed by atoms with Crippen molar-refractivity contribution in [3.8, 4) is 0 Å². The van der Waals surface area contributed by atoms with E-state index < -0.39 is 20.4 Å². The average molecular weight is 346 g/mol. The third-order valence-electron chi connectivity index (χ3n) is 3.33. The van der Waals surface area contributed by atoms with Crippen LogP contribution in [0.15, 0.2) is 35.9 Å². The van der Waals surface area contributed by atoms with Crippen molar-refractivity contribution in [2.24, 2.45) is 0 Å². The van der Waals surface area contributed by atoms with Crippen molar-refractivity contribution in [2.45, 2.75) is 15.4 Å². The predicted molar refractivity (Wildman–Crippen MR) is 84.8 cm³/mol. The summed E-state index contributed by atoms with van der Waals surface area (Å²) in [4.78, 5) is 9.89. The first-order chi connectivity index (χ1) is 9.98. The van der Waals surface area contributed by atoms with Gasteiger partial charge in [-0.3, -0.25) is 15.4 Å². The van der Waals surface area contributed by atoms with E-state index >= 15 is 0 Å². The number of hydrogen-bond acceptors (Lipinski definition) is 7. The van der Waals surface area contributed by atoms with E-state index in [0.717, 1.165) is 0 Å². The van der Waals surface area contributed by atoms with Gasteiger partial charge in [0.1, 0.15) is 11.1 Å². The Morgan fingerprint density at radius 1 is 1.48 bits per heavy atom. The average Bonchev–Trinajstić information content (AvgIpc) is 3.07. The Morgan fingerprint density at radius 2 is 2.24 bits per heavy atom. The summed E-state index contributed by atoms with van der Waals surface area (Å²) < 4.78 is -1.05. The van der Waals surface area contributed by atoms with Crippen LogP contribution in [0.25, 0.3) is 0 Å². The van der Waals surface area contributed by atoms with Gasteiger partial charge in [-0.2, -0.15) is 0 Å². The Balaban J connectivity index is 2.16. The molecule has 0 aromatic heterocycles. The summed E-state index contributed by atoms with van der Waals surface area (Å²) in [5.74, 6) is 0.392. The van der Waals surface area contributed by atoms with Crippen LogP contribution in [0.5, 0.6) is 0 Å². The van der Waals surface area contributed by atoms with Gasteiger partial charge in [-0.25, -0.2) is 0 Å². The highest BCUT2D eigenvalue weighted by Crippen LogP contribution is 2.57. The number of thioether (sulfide) groups is 2. The van der Waals surface area contributed by atoms with Gasteiger partial charge in [-0.05, 0) is 11.5 Å².